The van der Waals surface area contributed by atoms with E-state index in [1.807, 2.05) is 19.9 Å². The largest absolute Gasteiger partial charge is 0.396 e. The second kappa shape index (κ2) is 8.73. The Labute approximate surface area is 169 Å². The number of carbonyl (C=O) groups is 4. The van der Waals surface area contributed by atoms with Gasteiger partial charge in [-0.05, 0) is 37.3 Å². The number of hydrogen-bond donors (Lipinski definition) is 2. The SMILES string of the molecule is CC.O=C1CCC(N2C(=O)c3cccc(N4CCC(CO)CC4)c3C2=O)C(=O)N1. The molecule has 0 spiro atoms. The van der Waals surface area contributed by atoms with Crippen LogP contribution in [0.2, 0.25) is 0 Å². The van der Waals surface area contributed by atoms with E-state index in [9.17, 15) is 24.3 Å². The summed E-state index contributed by atoms with van der Waals surface area (Å²) in [6.07, 6.45) is 1.89. The number of nitrogens with zero attached hydrogens (tertiary/aromatic N) is 2. The standard InChI is InChI=1S/C19H21N3O5.C2H6/c23-10-11-6-8-21(9-7-11)13-3-1-2-12-16(13)19(27)22(18(12)26)14-4-5-15(24)20-17(14)25;1-2/h1-3,11,14,23H,4-10H2,(H,20,24,25);1-2H3. The van der Waals surface area contributed by atoms with Gasteiger partial charge in [0.15, 0.2) is 0 Å². The summed E-state index contributed by atoms with van der Waals surface area (Å²) >= 11 is 0. The van der Waals surface area contributed by atoms with E-state index in [0.29, 0.717) is 29.9 Å². The molecule has 0 saturated carbocycles. The molecular formula is C21H27N3O5. The van der Waals surface area contributed by atoms with Gasteiger partial charge in [-0.3, -0.25) is 29.4 Å². The monoisotopic (exact) mass is 401 g/mol. The van der Waals surface area contributed by atoms with E-state index in [-0.39, 0.29) is 31.3 Å². The second-order valence-electron chi connectivity index (χ2n) is 7.26. The Kier molecular flexibility index (Phi) is 6.32. The van der Waals surface area contributed by atoms with E-state index < -0.39 is 23.8 Å². The summed E-state index contributed by atoms with van der Waals surface area (Å²) in [4.78, 5) is 52.6. The van der Waals surface area contributed by atoms with E-state index in [2.05, 4.69) is 10.2 Å². The number of carbonyl (C=O) groups excluding carboxylic acids is 4. The van der Waals surface area contributed by atoms with Crippen molar-refractivity contribution < 1.29 is 24.3 Å². The first-order valence-corrected chi connectivity index (χ1v) is 10.2. The summed E-state index contributed by atoms with van der Waals surface area (Å²) in [7, 11) is 0. The van der Waals surface area contributed by atoms with Crippen LogP contribution in [0.25, 0.3) is 0 Å². The highest BCUT2D eigenvalue weighted by atomic mass is 16.3. The van der Waals surface area contributed by atoms with Gasteiger partial charge in [-0.1, -0.05) is 19.9 Å². The second-order valence-corrected chi connectivity index (χ2v) is 7.26. The normalized spacial score (nSPS) is 22.2. The quantitative estimate of drug-likeness (QED) is 0.740. The van der Waals surface area contributed by atoms with Crippen LogP contribution in [-0.2, 0) is 9.59 Å². The number of aliphatic hydroxyl groups excluding tert-OH is 1. The Morgan fingerprint density at radius 2 is 1.72 bits per heavy atom. The number of aliphatic hydroxyl groups is 1. The minimum atomic E-state index is -0.955. The summed E-state index contributed by atoms with van der Waals surface area (Å²) in [6, 6.07) is 4.21. The number of amides is 4. The van der Waals surface area contributed by atoms with Gasteiger partial charge >= 0.3 is 0 Å². The van der Waals surface area contributed by atoms with Crippen molar-refractivity contribution in [2.75, 3.05) is 24.6 Å². The average Bonchev–Trinajstić information content (AvgIpc) is 3.00. The van der Waals surface area contributed by atoms with Crippen molar-refractivity contribution in [3.63, 3.8) is 0 Å². The third-order valence-corrected chi connectivity index (χ3v) is 5.66. The van der Waals surface area contributed by atoms with Crippen LogP contribution in [0.1, 0.15) is 60.2 Å². The smallest absolute Gasteiger partial charge is 0.264 e. The number of fused-ring (bicyclic) bond motifs is 1. The zero-order valence-electron chi connectivity index (χ0n) is 16.8. The van der Waals surface area contributed by atoms with Gasteiger partial charge in [-0.25, -0.2) is 0 Å². The molecule has 2 fully saturated rings. The van der Waals surface area contributed by atoms with Crippen LogP contribution >= 0.6 is 0 Å². The van der Waals surface area contributed by atoms with E-state index in [4.69, 9.17) is 0 Å². The molecule has 1 unspecified atom stereocenters. The van der Waals surface area contributed by atoms with E-state index in [0.717, 1.165) is 17.7 Å². The Morgan fingerprint density at radius 1 is 1.03 bits per heavy atom. The topological polar surface area (TPSA) is 107 Å². The summed E-state index contributed by atoms with van der Waals surface area (Å²) in [5.74, 6) is -1.71. The third-order valence-electron chi connectivity index (χ3n) is 5.66. The van der Waals surface area contributed by atoms with Gasteiger partial charge in [0.05, 0.1) is 16.8 Å². The molecule has 3 aliphatic heterocycles. The Bertz CT molecular complexity index is 830. The molecular weight excluding hydrogens is 374 g/mol. The zero-order chi connectivity index (χ0) is 21.1. The molecule has 1 atom stereocenters. The van der Waals surface area contributed by atoms with Gasteiger partial charge in [-0.2, -0.15) is 0 Å². The molecule has 29 heavy (non-hydrogen) atoms. The molecule has 2 N–H and O–H groups in total. The number of rotatable bonds is 3. The Balaban J connectivity index is 0.00000117. The summed E-state index contributed by atoms with van der Waals surface area (Å²) in [5, 5.41) is 11.5. The predicted molar refractivity (Wildman–Crippen MR) is 106 cm³/mol. The summed E-state index contributed by atoms with van der Waals surface area (Å²) < 4.78 is 0. The fourth-order valence-electron chi connectivity index (χ4n) is 4.12. The lowest BCUT2D eigenvalue weighted by atomic mass is 9.96. The molecule has 0 aliphatic carbocycles. The molecule has 1 aromatic rings. The van der Waals surface area contributed by atoms with Crippen molar-refractivity contribution in [1.82, 2.24) is 10.2 Å². The Morgan fingerprint density at radius 3 is 2.34 bits per heavy atom. The van der Waals surface area contributed by atoms with Crippen molar-refractivity contribution in [3.05, 3.63) is 29.3 Å². The molecule has 8 heteroatoms. The van der Waals surface area contributed by atoms with Gasteiger partial charge in [0.25, 0.3) is 11.8 Å². The molecule has 156 valence electrons. The zero-order valence-corrected chi connectivity index (χ0v) is 16.8. The van der Waals surface area contributed by atoms with Crippen LogP contribution < -0.4 is 10.2 Å². The van der Waals surface area contributed by atoms with E-state index in [1.165, 1.54) is 0 Å². The molecule has 0 bridgehead atoms. The van der Waals surface area contributed by atoms with Gasteiger partial charge in [0.2, 0.25) is 11.8 Å². The van der Waals surface area contributed by atoms with Crippen LogP contribution in [0, 0.1) is 5.92 Å². The number of anilines is 1. The van der Waals surface area contributed by atoms with E-state index in [1.54, 1.807) is 12.1 Å². The van der Waals surface area contributed by atoms with Crippen LogP contribution in [0.15, 0.2) is 18.2 Å². The number of hydrogen-bond acceptors (Lipinski definition) is 6. The molecule has 3 aliphatic rings. The fraction of sp³-hybridized carbons (Fsp3) is 0.524. The maximum atomic E-state index is 13.1. The van der Waals surface area contributed by atoms with Crippen LogP contribution in [-0.4, -0.2) is 59.4 Å². The maximum Gasteiger partial charge on any atom is 0.264 e. The molecule has 1 aromatic carbocycles. The third kappa shape index (κ3) is 3.76. The average molecular weight is 401 g/mol. The predicted octanol–water partition coefficient (Wildman–Crippen LogP) is 1.32. The molecule has 2 saturated heterocycles. The molecule has 8 nitrogen and oxygen atoms in total. The highest BCUT2D eigenvalue weighted by Crippen LogP contribution is 2.35. The Hall–Kier alpha value is -2.74. The summed E-state index contributed by atoms with van der Waals surface area (Å²) in [6.45, 7) is 5.55. The highest BCUT2D eigenvalue weighted by Gasteiger charge is 2.46. The lowest BCUT2D eigenvalue weighted by molar-refractivity contribution is -0.136. The molecule has 0 radical (unpaired) electrons. The highest BCUT2D eigenvalue weighted by molar-refractivity contribution is 6.25. The molecule has 3 heterocycles. The van der Waals surface area contributed by atoms with Crippen molar-refractivity contribution in [1.29, 1.82) is 0 Å². The first-order chi connectivity index (χ1) is 14.0. The number of benzene rings is 1. The number of piperidine rings is 2. The van der Waals surface area contributed by atoms with Gasteiger partial charge in [-0.15, -0.1) is 0 Å². The van der Waals surface area contributed by atoms with Crippen LogP contribution in [0.4, 0.5) is 5.69 Å². The first-order valence-electron chi connectivity index (χ1n) is 10.2. The minimum Gasteiger partial charge on any atom is -0.396 e. The first kappa shape index (κ1) is 21.0. The summed E-state index contributed by atoms with van der Waals surface area (Å²) in [5.41, 5.74) is 1.32. The van der Waals surface area contributed by atoms with E-state index >= 15 is 0 Å². The lowest BCUT2D eigenvalue weighted by Gasteiger charge is -2.34. The molecule has 0 aromatic heterocycles. The number of nitrogens with one attached hydrogen (secondary N) is 1. The van der Waals surface area contributed by atoms with Crippen molar-refractivity contribution in [2.24, 2.45) is 5.92 Å². The maximum absolute atomic E-state index is 13.1. The molecule has 4 amide bonds. The van der Waals surface area contributed by atoms with Crippen LogP contribution in [0.5, 0.6) is 0 Å². The lowest BCUT2D eigenvalue weighted by Crippen LogP contribution is -2.54. The van der Waals surface area contributed by atoms with Crippen molar-refractivity contribution in [3.8, 4) is 0 Å². The fourth-order valence-corrected chi connectivity index (χ4v) is 4.12. The van der Waals surface area contributed by atoms with Gasteiger partial charge in [0.1, 0.15) is 6.04 Å². The van der Waals surface area contributed by atoms with Gasteiger partial charge < -0.3 is 10.0 Å². The van der Waals surface area contributed by atoms with Crippen LogP contribution in [0.3, 0.4) is 0 Å². The minimum absolute atomic E-state index is 0.103. The van der Waals surface area contributed by atoms with Crippen molar-refractivity contribution >= 4 is 29.3 Å². The molecule has 4 rings (SSSR count). The number of imide groups is 2. The van der Waals surface area contributed by atoms with Crippen molar-refractivity contribution in [2.45, 2.75) is 45.6 Å². The van der Waals surface area contributed by atoms with Gasteiger partial charge in [0, 0.05) is 26.1 Å².